The number of hydrogen-bond donors (Lipinski definition) is 0. The van der Waals surface area contributed by atoms with Gasteiger partial charge in [-0.1, -0.05) is 26.7 Å². The SMILES string of the molecule is CC(C)CN(C(=O)c1ccoc1Cl)C1CCCC1. The van der Waals surface area contributed by atoms with E-state index in [4.69, 9.17) is 16.0 Å². The summed E-state index contributed by atoms with van der Waals surface area (Å²) >= 11 is 5.91. The Bertz CT molecular complexity index is 408. The minimum absolute atomic E-state index is 0.00866. The van der Waals surface area contributed by atoms with E-state index in [2.05, 4.69) is 13.8 Å². The van der Waals surface area contributed by atoms with Gasteiger partial charge in [0.25, 0.3) is 5.91 Å². The first kappa shape index (κ1) is 13.5. The average molecular weight is 270 g/mol. The molecule has 1 fully saturated rings. The van der Waals surface area contributed by atoms with Gasteiger partial charge < -0.3 is 9.32 Å². The maximum Gasteiger partial charge on any atom is 0.258 e. The van der Waals surface area contributed by atoms with Gasteiger partial charge in [0.05, 0.1) is 11.8 Å². The van der Waals surface area contributed by atoms with Crippen LogP contribution in [0, 0.1) is 5.92 Å². The van der Waals surface area contributed by atoms with Crippen LogP contribution in [-0.4, -0.2) is 23.4 Å². The number of carbonyl (C=O) groups excluding carboxylic acids is 1. The molecule has 1 saturated carbocycles. The molecule has 1 heterocycles. The second-order valence-electron chi connectivity index (χ2n) is 5.40. The van der Waals surface area contributed by atoms with Gasteiger partial charge in [-0.3, -0.25) is 4.79 Å². The highest BCUT2D eigenvalue weighted by atomic mass is 35.5. The summed E-state index contributed by atoms with van der Waals surface area (Å²) < 4.78 is 5.02. The summed E-state index contributed by atoms with van der Waals surface area (Å²) in [4.78, 5) is 14.5. The fourth-order valence-electron chi connectivity index (χ4n) is 2.61. The highest BCUT2D eigenvalue weighted by molar-refractivity contribution is 6.32. The van der Waals surface area contributed by atoms with Gasteiger partial charge in [0.15, 0.2) is 0 Å². The van der Waals surface area contributed by atoms with Crippen molar-refractivity contribution in [1.29, 1.82) is 0 Å². The van der Waals surface area contributed by atoms with Crippen molar-refractivity contribution in [2.24, 2.45) is 5.92 Å². The Labute approximate surface area is 113 Å². The first-order valence-electron chi connectivity index (χ1n) is 6.63. The van der Waals surface area contributed by atoms with Gasteiger partial charge in [-0.15, -0.1) is 0 Å². The molecule has 0 bridgehead atoms. The number of carbonyl (C=O) groups is 1. The molecule has 0 radical (unpaired) electrons. The van der Waals surface area contributed by atoms with Crippen LogP contribution < -0.4 is 0 Å². The van der Waals surface area contributed by atoms with Crippen molar-refractivity contribution < 1.29 is 9.21 Å². The number of rotatable bonds is 4. The van der Waals surface area contributed by atoms with E-state index in [1.54, 1.807) is 6.07 Å². The molecule has 1 aromatic rings. The third-order valence-corrected chi connectivity index (χ3v) is 3.73. The minimum Gasteiger partial charge on any atom is -0.452 e. The molecule has 2 rings (SSSR count). The molecule has 0 N–H and O–H groups in total. The van der Waals surface area contributed by atoms with Crippen LogP contribution in [0.3, 0.4) is 0 Å². The number of nitrogens with zero attached hydrogens (tertiary/aromatic N) is 1. The van der Waals surface area contributed by atoms with Crippen molar-refractivity contribution in [1.82, 2.24) is 4.90 Å². The molecule has 0 atom stereocenters. The molecule has 18 heavy (non-hydrogen) atoms. The summed E-state index contributed by atoms with van der Waals surface area (Å²) in [5.74, 6) is 0.467. The van der Waals surface area contributed by atoms with E-state index in [1.807, 2.05) is 4.90 Å². The Morgan fingerprint density at radius 3 is 2.67 bits per heavy atom. The lowest BCUT2D eigenvalue weighted by Gasteiger charge is -2.30. The summed E-state index contributed by atoms with van der Waals surface area (Å²) in [6.45, 7) is 5.05. The first-order chi connectivity index (χ1) is 8.59. The van der Waals surface area contributed by atoms with E-state index in [1.165, 1.54) is 19.1 Å². The van der Waals surface area contributed by atoms with E-state index >= 15 is 0 Å². The monoisotopic (exact) mass is 269 g/mol. The predicted molar refractivity (Wildman–Crippen MR) is 71.8 cm³/mol. The van der Waals surface area contributed by atoms with Gasteiger partial charge in [0.1, 0.15) is 0 Å². The van der Waals surface area contributed by atoms with Crippen LogP contribution >= 0.6 is 11.6 Å². The Balaban J connectivity index is 2.17. The lowest BCUT2D eigenvalue weighted by Crippen LogP contribution is -2.41. The number of furan rings is 1. The Morgan fingerprint density at radius 1 is 1.50 bits per heavy atom. The normalized spacial score (nSPS) is 16.4. The lowest BCUT2D eigenvalue weighted by molar-refractivity contribution is 0.0655. The number of hydrogen-bond acceptors (Lipinski definition) is 2. The summed E-state index contributed by atoms with van der Waals surface area (Å²) in [6, 6.07) is 2.03. The van der Waals surface area contributed by atoms with Gasteiger partial charge in [-0.25, -0.2) is 0 Å². The lowest BCUT2D eigenvalue weighted by atomic mass is 10.1. The third-order valence-electron chi connectivity index (χ3n) is 3.44. The quantitative estimate of drug-likeness (QED) is 0.829. The molecule has 100 valence electrons. The van der Waals surface area contributed by atoms with E-state index in [0.717, 1.165) is 19.4 Å². The van der Waals surface area contributed by atoms with Gasteiger partial charge in [-0.05, 0) is 36.4 Å². The third kappa shape index (κ3) is 2.89. The van der Waals surface area contributed by atoms with E-state index < -0.39 is 0 Å². The molecule has 0 unspecified atom stereocenters. The molecule has 0 saturated heterocycles. The van der Waals surface area contributed by atoms with Gasteiger partial charge in [0, 0.05) is 12.6 Å². The molecule has 1 aliphatic carbocycles. The molecule has 3 nitrogen and oxygen atoms in total. The summed E-state index contributed by atoms with van der Waals surface area (Å²) in [6.07, 6.45) is 6.11. The fourth-order valence-corrected chi connectivity index (χ4v) is 2.80. The van der Waals surface area contributed by atoms with Crippen LogP contribution in [0.15, 0.2) is 16.7 Å². The number of amides is 1. The van der Waals surface area contributed by atoms with Crippen LogP contribution in [0.1, 0.15) is 49.9 Å². The molecule has 0 spiro atoms. The van der Waals surface area contributed by atoms with Gasteiger partial charge in [-0.2, -0.15) is 0 Å². The minimum atomic E-state index is 0.00866. The largest absolute Gasteiger partial charge is 0.452 e. The smallest absolute Gasteiger partial charge is 0.258 e. The summed E-state index contributed by atoms with van der Waals surface area (Å²) in [5.41, 5.74) is 0.490. The van der Waals surface area contributed by atoms with Crippen molar-refractivity contribution in [3.8, 4) is 0 Å². The zero-order valence-corrected chi connectivity index (χ0v) is 11.7. The van der Waals surface area contributed by atoms with Crippen LogP contribution in [0.25, 0.3) is 0 Å². The van der Waals surface area contributed by atoms with Crippen LogP contribution in [0.5, 0.6) is 0 Å². The van der Waals surface area contributed by atoms with Crippen molar-refractivity contribution in [3.05, 3.63) is 23.1 Å². The zero-order valence-electron chi connectivity index (χ0n) is 11.0. The molecule has 1 amide bonds. The predicted octanol–water partition coefficient (Wildman–Crippen LogP) is 3.97. The first-order valence-corrected chi connectivity index (χ1v) is 7.01. The molecule has 1 aliphatic rings. The van der Waals surface area contributed by atoms with Gasteiger partial charge >= 0.3 is 0 Å². The van der Waals surface area contributed by atoms with Crippen molar-refractivity contribution in [2.75, 3.05) is 6.54 Å². The molecule has 4 heteroatoms. The fraction of sp³-hybridized carbons (Fsp3) is 0.643. The highest BCUT2D eigenvalue weighted by Crippen LogP contribution is 2.27. The molecule has 0 aromatic carbocycles. The molecular formula is C14H20ClNO2. The Hall–Kier alpha value is -0.960. The second-order valence-corrected chi connectivity index (χ2v) is 5.74. The average Bonchev–Trinajstić information content (AvgIpc) is 2.95. The Morgan fingerprint density at radius 2 is 2.17 bits per heavy atom. The summed E-state index contributed by atoms with van der Waals surface area (Å²) in [7, 11) is 0. The molecule has 0 aliphatic heterocycles. The van der Waals surface area contributed by atoms with Crippen molar-refractivity contribution in [2.45, 2.75) is 45.6 Å². The molecular weight excluding hydrogens is 250 g/mol. The van der Waals surface area contributed by atoms with E-state index in [-0.39, 0.29) is 11.1 Å². The topological polar surface area (TPSA) is 33.5 Å². The molecule has 1 aromatic heterocycles. The maximum atomic E-state index is 12.5. The standard InChI is InChI=1S/C14H20ClNO2/c1-10(2)9-16(11-5-3-4-6-11)14(17)12-7-8-18-13(12)15/h7-8,10-11H,3-6,9H2,1-2H3. The zero-order chi connectivity index (χ0) is 13.1. The Kier molecular flexibility index (Phi) is 4.33. The van der Waals surface area contributed by atoms with Crippen LogP contribution in [0.4, 0.5) is 0 Å². The van der Waals surface area contributed by atoms with E-state index in [0.29, 0.717) is 17.5 Å². The van der Waals surface area contributed by atoms with Crippen molar-refractivity contribution >= 4 is 17.5 Å². The maximum absolute atomic E-state index is 12.5. The summed E-state index contributed by atoms with van der Waals surface area (Å²) in [5, 5.41) is 0.201. The highest BCUT2D eigenvalue weighted by Gasteiger charge is 2.29. The van der Waals surface area contributed by atoms with Crippen molar-refractivity contribution in [3.63, 3.8) is 0 Å². The second kappa shape index (κ2) is 5.79. The van der Waals surface area contributed by atoms with Crippen LogP contribution in [-0.2, 0) is 0 Å². The van der Waals surface area contributed by atoms with Gasteiger partial charge in [0.2, 0.25) is 5.22 Å². The number of halogens is 1. The van der Waals surface area contributed by atoms with E-state index in [9.17, 15) is 4.79 Å². The van der Waals surface area contributed by atoms with Crippen LogP contribution in [0.2, 0.25) is 5.22 Å².